The van der Waals surface area contributed by atoms with Crippen LogP contribution in [0, 0.1) is 6.92 Å². The Morgan fingerprint density at radius 2 is 2.05 bits per heavy atom. The molecule has 0 bridgehead atoms. The fourth-order valence-electron chi connectivity index (χ4n) is 1.59. The van der Waals surface area contributed by atoms with Gasteiger partial charge in [0, 0.05) is 16.2 Å². The van der Waals surface area contributed by atoms with E-state index in [0.717, 1.165) is 17.7 Å². The molecule has 0 fully saturated rings. The standard InChI is InChI=1S/C15H23ClN2O/c1-6-15(4,5)18-14(19)11(3)17-13-9-7-8-12(16)10(13)2/h7-9,11,17H,6H2,1-5H3,(H,18,19). The highest BCUT2D eigenvalue weighted by Crippen LogP contribution is 2.23. The first kappa shape index (κ1) is 15.8. The van der Waals surface area contributed by atoms with Gasteiger partial charge in [-0.1, -0.05) is 24.6 Å². The van der Waals surface area contributed by atoms with Gasteiger partial charge in [0.2, 0.25) is 5.91 Å². The summed E-state index contributed by atoms with van der Waals surface area (Å²) in [4.78, 5) is 12.1. The average Bonchev–Trinajstić information content (AvgIpc) is 2.34. The predicted molar refractivity (Wildman–Crippen MR) is 81.8 cm³/mol. The lowest BCUT2D eigenvalue weighted by molar-refractivity contribution is -0.123. The van der Waals surface area contributed by atoms with Gasteiger partial charge in [0.25, 0.3) is 0 Å². The molecule has 0 aliphatic heterocycles. The van der Waals surface area contributed by atoms with Crippen molar-refractivity contribution in [1.29, 1.82) is 0 Å². The van der Waals surface area contributed by atoms with Crippen LogP contribution in [0.2, 0.25) is 5.02 Å². The topological polar surface area (TPSA) is 41.1 Å². The fraction of sp³-hybridized carbons (Fsp3) is 0.533. The maximum absolute atomic E-state index is 12.1. The second-order valence-electron chi connectivity index (χ2n) is 5.51. The maximum Gasteiger partial charge on any atom is 0.242 e. The van der Waals surface area contributed by atoms with Gasteiger partial charge in [0.05, 0.1) is 0 Å². The van der Waals surface area contributed by atoms with Gasteiger partial charge >= 0.3 is 0 Å². The van der Waals surface area contributed by atoms with Crippen LogP contribution in [-0.4, -0.2) is 17.5 Å². The second-order valence-corrected chi connectivity index (χ2v) is 5.91. The van der Waals surface area contributed by atoms with Crippen LogP contribution < -0.4 is 10.6 Å². The van der Waals surface area contributed by atoms with Crippen LogP contribution in [0.25, 0.3) is 0 Å². The van der Waals surface area contributed by atoms with Crippen LogP contribution in [0.3, 0.4) is 0 Å². The van der Waals surface area contributed by atoms with Crippen LogP contribution in [-0.2, 0) is 4.79 Å². The van der Waals surface area contributed by atoms with Crippen molar-refractivity contribution in [2.24, 2.45) is 0 Å². The van der Waals surface area contributed by atoms with Gasteiger partial charge in [-0.2, -0.15) is 0 Å². The minimum absolute atomic E-state index is 0.00812. The highest BCUT2D eigenvalue weighted by Gasteiger charge is 2.22. The van der Waals surface area contributed by atoms with Crippen molar-refractivity contribution in [2.75, 3.05) is 5.32 Å². The molecule has 0 aliphatic carbocycles. The summed E-state index contributed by atoms with van der Waals surface area (Å²) in [7, 11) is 0. The number of nitrogens with one attached hydrogen (secondary N) is 2. The number of hydrogen-bond donors (Lipinski definition) is 2. The van der Waals surface area contributed by atoms with E-state index in [1.807, 2.05) is 45.9 Å². The molecule has 1 rings (SSSR count). The summed E-state index contributed by atoms with van der Waals surface area (Å²) >= 11 is 6.07. The largest absolute Gasteiger partial charge is 0.374 e. The van der Waals surface area contributed by atoms with Crippen molar-refractivity contribution in [3.8, 4) is 0 Å². The third-order valence-electron chi connectivity index (χ3n) is 3.38. The number of rotatable bonds is 5. The van der Waals surface area contributed by atoms with Crippen molar-refractivity contribution in [2.45, 2.75) is 52.6 Å². The second kappa shape index (κ2) is 6.29. The molecule has 19 heavy (non-hydrogen) atoms. The summed E-state index contributed by atoms with van der Waals surface area (Å²) in [5, 5.41) is 6.93. The van der Waals surface area contributed by atoms with Crippen LogP contribution in [0.1, 0.15) is 39.7 Å². The van der Waals surface area contributed by atoms with Gasteiger partial charge in [0.15, 0.2) is 0 Å². The summed E-state index contributed by atoms with van der Waals surface area (Å²) in [5.41, 5.74) is 1.67. The van der Waals surface area contributed by atoms with Gasteiger partial charge in [-0.25, -0.2) is 0 Å². The lowest BCUT2D eigenvalue weighted by Gasteiger charge is -2.27. The lowest BCUT2D eigenvalue weighted by Crippen LogP contribution is -2.48. The number of halogens is 1. The summed E-state index contributed by atoms with van der Waals surface area (Å²) < 4.78 is 0. The van der Waals surface area contributed by atoms with Gasteiger partial charge in [-0.3, -0.25) is 4.79 Å². The maximum atomic E-state index is 12.1. The Kier molecular flexibility index (Phi) is 5.24. The molecule has 0 radical (unpaired) electrons. The minimum Gasteiger partial charge on any atom is -0.374 e. The quantitative estimate of drug-likeness (QED) is 0.863. The lowest BCUT2D eigenvalue weighted by atomic mass is 10.0. The predicted octanol–water partition coefficient (Wildman–Crippen LogP) is 3.75. The van der Waals surface area contributed by atoms with Crippen LogP contribution >= 0.6 is 11.6 Å². The Labute approximate surface area is 120 Å². The van der Waals surface area contributed by atoms with E-state index in [-0.39, 0.29) is 17.5 Å². The highest BCUT2D eigenvalue weighted by atomic mass is 35.5. The first-order chi connectivity index (χ1) is 8.76. The van der Waals surface area contributed by atoms with Gasteiger partial charge in [-0.05, 0) is 51.8 Å². The summed E-state index contributed by atoms with van der Waals surface area (Å²) in [6, 6.07) is 5.34. The van der Waals surface area contributed by atoms with Crippen LogP contribution in [0.5, 0.6) is 0 Å². The molecule has 1 unspecified atom stereocenters. The SMILES string of the molecule is CCC(C)(C)NC(=O)C(C)Nc1cccc(Cl)c1C. The third kappa shape index (κ3) is 4.43. The monoisotopic (exact) mass is 282 g/mol. The molecule has 1 atom stereocenters. The molecule has 1 aromatic carbocycles. The van der Waals surface area contributed by atoms with Crippen molar-refractivity contribution in [1.82, 2.24) is 5.32 Å². The van der Waals surface area contributed by atoms with Gasteiger partial charge in [-0.15, -0.1) is 0 Å². The van der Waals surface area contributed by atoms with Crippen LogP contribution in [0.4, 0.5) is 5.69 Å². The minimum atomic E-state index is -0.303. The van der Waals surface area contributed by atoms with E-state index in [1.165, 1.54) is 0 Å². The molecule has 4 heteroatoms. The zero-order valence-electron chi connectivity index (χ0n) is 12.3. The summed E-state index contributed by atoms with van der Waals surface area (Å²) in [6.07, 6.45) is 0.891. The van der Waals surface area contributed by atoms with Crippen molar-refractivity contribution < 1.29 is 4.79 Å². The molecule has 106 valence electrons. The highest BCUT2D eigenvalue weighted by molar-refractivity contribution is 6.31. The molecule has 0 heterocycles. The van der Waals surface area contributed by atoms with E-state index in [9.17, 15) is 4.79 Å². The Bertz CT molecular complexity index is 457. The molecule has 0 aromatic heterocycles. The van der Waals surface area contributed by atoms with Crippen LogP contribution in [0.15, 0.2) is 18.2 Å². The van der Waals surface area contributed by atoms with E-state index >= 15 is 0 Å². The van der Waals surface area contributed by atoms with Crippen molar-refractivity contribution in [3.63, 3.8) is 0 Å². The molecule has 1 amide bonds. The summed E-state index contributed by atoms with van der Waals surface area (Å²) in [6.45, 7) is 9.87. The van der Waals surface area contributed by atoms with E-state index in [0.29, 0.717) is 5.02 Å². The van der Waals surface area contributed by atoms with Gasteiger partial charge in [0.1, 0.15) is 6.04 Å². The number of hydrogen-bond acceptors (Lipinski definition) is 2. The Morgan fingerprint density at radius 3 is 2.63 bits per heavy atom. The van der Waals surface area contributed by atoms with Crippen molar-refractivity contribution in [3.05, 3.63) is 28.8 Å². The smallest absolute Gasteiger partial charge is 0.242 e. The number of anilines is 1. The zero-order chi connectivity index (χ0) is 14.6. The average molecular weight is 283 g/mol. The first-order valence-electron chi connectivity index (χ1n) is 6.60. The molecule has 0 saturated carbocycles. The zero-order valence-corrected chi connectivity index (χ0v) is 13.1. The molecular weight excluding hydrogens is 260 g/mol. The van der Waals surface area contributed by atoms with Crippen molar-refractivity contribution >= 4 is 23.2 Å². The molecule has 0 saturated heterocycles. The molecule has 0 spiro atoms. The molecule has 0 aliphatic rings. The normalized spacial score (nSPS) is 12.9. The Hall–Kier alpha value is -1.22. The number of carbonyl (C=O) groups excluding carboxylic acids is 1. The van der Waals surface area contributed by atoms with E-state index in [2.05, 4.69) is 17.6 Å². The summed E-state index contributed by atoms with van der Waals surface area (Å²) in [5.74, 6) is -0.00812. The first-order valence-corrected chi connectivity index (χ1v) is 6.98. The number of amides is 1. The van der Waals surface area contributed by atoms with E-state index < -0.39 is 0 Å². The molecule has 1 aromatic rings. The molecule has 2 N–H and O–H groups in total. The molecular formula is C15H23ClN2O. The fourth-order valence-corrected chi connectivity index (χ4v) is 1.77. The third-order valence-corrected chi connectivity index (χ3v) is 3.79. The van der Waals surface area contributed by atoms with E-state index in [4.69, 9.17) is 11.6 Å². The number of benzene rings is 1. The Morgan fingerprint density at radius 1 is 1.42 bits per heavy atom. The number of carbonyl (C=O) groups is 1. The Balaban J connectivity index is 2.72. The van der Waals surface area contributed by atoms with E-state index in [1.54, 1.807) is 0 Å². The molecule has 3 nitrogen and oxygen atoms in total. The van der Waals surface area contributed by atoms with Gasteiger partial charge < -0.3 is 10.6 Å².